The molecule has 222 valence electrons. The van der Waals surface area contributed by atoms with Crippen molar-refractivity contribution < 1.29 is 31.8 Å². The predicted octanol–water partition coefficient (Wildman–Crippen LogP) is 8.18. The highest BCUT2D eigenvalue weighted by Gasteiger charge is 2.32. The number of alkyl halides is 3. The lowest BCUT2D eigenvalue weighted by Gasteiger charge is -2.25. The number of thiazole rings is 1. The number of nitrogens with zero attached hydrogens (tertiary/aromatic N) is 1. The minimum absolute atomic E-state index is 0.253. The molecule has 5 nitrogen and oxygen atoms in total. The Labute approximate surface area is 246 Å². The quantitative estimate of drug-likeness (QED) is 0.147. The summed E-state index contributed by atoms with van der Waals surface area (Å²) in [6, 6.07) is 16.3. The van der Waals surface area contributed by atoms with Crippen LogP contribution in [0.2, 0.25) is 0 Å². The topological polar surface area (TPSA) is 60.5 Å². The van der Waals surface area contributed by atoms with Crippen molar-refractivity contribution in [1.82, 2.24) is 10.3 Å². The summed E-state index contributed by atoms with van der Waals surface area (Å²) in [4.78, 5) is 17.6. The van der Waals surface area contributed by atoms with E-state index in [0.717, 1.165) is 28.1 Å². The van der Waals surface area contributed by atoms with E-state index in [2.05, 4.69) is 10.3 Å². The number of esters is 1. The predicted molar refractivity (Wildman–Crippen MR) is 155 cm³/mol. The van der Waals surface area contributed by atoms with Crippen LogP contribution < -0.4 is 10.1 Å². The second-order valence-corrected chi connectivity index (χ2v) is 11.3. The Kier molecular flexibility index (Phi) is 9.37. The Morgan fingerprint density at radius 1 is 1.02 bits per heavy atom. The first-order valence-corrected chi connectivity index (χ1v) is 14.2. The molecule has 1 aromatic heterocycles. The van der Waals surface area contributed by atoms with Crippen molar-refractivity contribution in [1.29, 1.82) is 0 Å². The maximum absolute atomic E-state index is 15.0. The summed E-state index contributed by atoms with van der Waals surface area (Å²) in [7, 11) is 0. The summed E-state index contributed by atoms with van der Waals surface area (Å²) in [5, 5.41) is 3.98. The first-order chi connectivity index (χ1) is 19.8. The molecule has 1 N–H and O–H groups in total. The average molecular weight is 601 g/mol. The fourth-order valence-corrected chi connectivity index (χ4v) is 5.60. The number of benzene rings is 3. The molecule has 1 unspecified atom stereocenters. The zero-order valence-electron chi connectivity index (χ0n) is 23.9. The maximum atomic E-state index is 15.0. The van der Waals surface area contributed by atoms with Crippen molar-refractivity contribution in [2.45, 2.75) is 59.0 Å². The summed E-state index contributed by atoms with van der Waals surface area (Å²) < 4.78 is 65.2. The highest BCUT2D eigenvalue weighted by molar-refractivity contribution is 7.15. The van der Waals surface area contributed by atoms with Crippen molar-refractivity contribution in [3.63, 3.8) is 0 Å². The number of carbonyl (C=O) groups excluding carboxylic acids is 1. The average Bonchev–Trinajstić information content (AvgIpc) is 3.32. The number of aryl methyl sites for hydroxylation is 2. The molecule has 42 heavy (non-hydrogen) atoms. The van der Waals surface area contributed by atoms with Crippen molar-refractivity contribution >= 4 is 17.3 Å². The summed E-state index contributed by atoms with van der Waals surface area (Å²) in [5.74, 6) is -0.305. The third-order valence-corrected chi connectivity index (χ3v) is 7.92. The molecular weight excluding hydrogens is 568 g/mol. The smallest absolute Gasteiger partial charge is 0.416 e. The minimum atomic E-state index is -4.43. The molecule has 0 amide bonds. The van der Waals surface area contributed by atoms with Crippen LogP contribution in [0.15, 0.2) is 66.7 Å². The minimum Gasteiger partial charge on any atom is -0.476 e. The van der Waals surface area contributed by atoms with Gasteiger partial charge in [-0.15, -0.1) is 11.3 Å². The molecule has 0 fully saturated rings. The highest BCUT2D eigenvalue weighted by atomic mass is 32.1. The van der Waals surface area contributed by atoms with Gasteiger partial charge in [-0.3, -0.25) is 0 Å². The zero-order valence-corrected chi connectivity index (χ0v) is 24.8. The van der Waals surface area contributed by atoms with Gasteiger partial charge in [-0.25, -0.2) is 14.2 Å². The molecule has 0 aliphatic carbocycles. The fraction of sp³-hybridized carbons (Fsp3) is 0.312. The molecule has 0 saturated heterocycles. The van der Waals surface area contributed by atoms with E-state index in [1.54, 1.807) is 52.0 Å². The van der Waals surface area contributed by atoms with E-state index in [9.17, 15) is 18.0 Å². The van der Waals surface area contributed by atoms with E-state index in [-0.39, 0.29) is 12.4 Å². The Morgan fingerprint density at radius 3 is 2.33 bits per heavy atom. The van der Waals surface area contributed by atoms with Gasteiger partial charge in [0.2, 0.25) is 0 Å². The molecule has 0 radical (unpaired) electrons. The molecular formula is C32H32F4N2O3S. The Bertz CT molecular complexity index is 1550. The number of hydrogen-bond acceptors (Lipinski definition) is 6. The van der Waals surface area contributed by atoms with Gasteiger partial charge in [-0.05, 0) is 70.0 Å². The molecule has 1 atom stereocenters. The van der Waals surface area contributed by atoms with Crippen molar-refractivity contribution in [3.05, 3.63) is 105 Å². The number of halogens is 4. The second-order valence-electron chi connectivity index (χ2n) is 10.3. The van der Waals surface area contributed by atoms with Gasteiger partial charge in [-0.1, -0.05) is 42.5 Å². The molecule has 4 aromatic rings. The maximum Gasteiger partial charge on any atom is 0.416 e. The van der Waals surface area contributed by atoms with Crippen molar-refractivity contribution in [2.75, 3.05) is 6.61 Å². The summed E-state index contributed by atoms with van der Waals surface area (Å²) in [6.07, 6.45) is -4.43. The molecule has 0 saturated carbocycles. The lowest BCUT2D eigenvalue weighted by Crippen LogP contribution is -2.39. The van der Waals surface area contributed by atoms with Gasteiger partial charge in [-0.2, -0.15) is 13.2 Å². The Balaban J connectivity index is 1.59. The lowest BCUT2D eigenvalue weighted by molar-refractivity contribution is -0.158. The lowest BCUT2D eigenvalue weighted by atomic mass is 10.0. The van der Waals surface area contributed by atoms with Crippen LogP contribution in [0, 0.1) is 19.7 Å². The largest absolute Gasteiger partial charge is 0.476 e. The van der Waals surface area contributed by atoms with E-state index in [1.165, 1.54) is 29.5 Å². The summed E-state index contributed by atoms with van der Waals surface area (Å²) >= 11 is 1.31. The molecule has 0 spiro atoms. The van der Waals surface area contributed by atoms with Crippen LogP contribution in [-0.4, -0.2) is 23.2 Å². The Hall–Kier alpha value is -3.76. The van der Waals surface area contributed by atoms with Crippen LogP contribution in [0.5, 0.6) is 5.75 Å². The van der Waals surface area contributed by atoms with Gasteiger partial charge in [0.15, 0.2) is 5.60 Å². The van der Waals surface area contributed by atoms with Gasteiger partial charge in [0.1, 0.15) is 16.6 Å². The molecule has 3 aromatic carbocycles. The standard InChI is InChI=1S/C32H32F4N2O3S/c1-6-40-30(39)31(4,5)41-26-16-11-21(17-19(26)2)18-37-27(24-9-7-8-10-25(24)33)28-20(3)38-29(42-28)22-12-14-23(15-13-22)32(34,35)36/h7-17,27,37H,6,18H2,1-5H3. The van der Waals surface area contributed by atoms with Crippen molar-refractivity contribution in [2.24, 2.45) is 0 Å². The second kappa shape index (κ2) is 12.6. The van der Waals surface area contributed by atoms with E-state index < -0.39 is 29.4 Å². The van der Waals surface area contributed by atoms with E-state index >= 15 is 4.39 Å². The SMILES string of the molecule is CCOC(=O)C(C)(C)Oc1ccc(CNC(c2ccccc2F)c2sc(-c3ccc(C(F)(F)F)cc3)nc2C)cc1C. The van der Waals surface area contributed by atoms with Crippen LogP contribution in [0.3, 0.4) is 0 Å². The van der Waals surface area contributed by atoms with Crippen LogP contribution in [0.1, 0.15) is 59.6 Å². The fourth-order valence-electron chi connectivity index (χ4n) is 4.43. The number of ether oxygens (including phenoxy) is 2. The third-order valence-electron chi connectivity index (χ3n) is 6.65. The normalized spacial score (nSPS) is 12.7. The first-order valence-electron chi connectivity index (χ1n) is 13.4. The number of carbonyl (C=O) groups is 1. The number of nitrogens with one attached hydrogen (secondary N) is 1. The van der Waals surface area contributed by atoms with Gasteiger partial charge in [0.25, 0.3) is 0 Å². The zero-order chi connectivity index (χ0) is 30.7. The third kappa shape index (κ3) is 7.17. The molecule has 0 bridgehead atoms. The van der Waals surface area contributed by atoms with Gasteiger partial charge < -0.3 is 14.8 Å². The molecule has 4 rings (SSSR count). The van der Waals surface area contributed by atoms with Crippen LogP contribution >= 0.6 is 11.3 Å². The molecule has 0 aliphatic rings. The van der Waals surface area contributed by atoms with E-state index in [0.29, 0.717) is 34.1 Å². The summed E-state index contributed by atoms with van der Waals surface area (Å²) in [6.45, 7) is 9.33. The van der Waals surface area contributed by atoms with Gasteiger partial charge >= 0.3 is 12.1 Å². The monoisotopic (exact) mass is 600 g/mol. The molecule has 0 aliphatic heterocycles. The van der Waals surface area contributed by atoms with E-state index in [1.807, 2.05) is 19.1 Å². The molecule has 10 heteroatoms. The number of aromatic nitrogens is 1. The number of rotatable bonds is 10. The van der Waals surface area contributed by atoms with Crippen LogP contribution in [0.4, 0.5) is 17.6 Å². The van der Waals surface area contributed by atoms with E-state index in [4.69, 9.17) is 9.47 Å². The summed E-state index contributed by atoms with van der Waals surface area (Å²) in [5.41, 5.74) is 1.44. The van der Waals surface area contributed by atoms with Crippen LogP contribution in [0.25, 0.3) is 10.6 Å². The molecule has 1 heterocycles. The van der Waals surface area contributed by atoms with Crippen molar-refractivity contribution in [3.8, 4) is 16.3 Å². The van der Waals surface area contributed by atoms with Crippen LogP contribution in [-0.2, 0) is 22.3 Å². The Morgan fingerprint density at radius 2 is 1.71 bits per heavy atom. The first kappa shape index (κ1) is 31.2. The number of hydrogen-bond donors (Lipinski definition) is 1. The van der Waals surface area contributed by atoms with Gasteiger partial charge in [0, 0.05) is 22.5 Å². The highest BCUT2D eigenvalue weighted by Crippen LogP contribution is 2.37. The van der Waals surface area contributed by atoms with Gasteiger partial charge in [0.05, 0.1) is 23.9 Å².